The number of fused-ring (bicyclic) bond motifs is 1. The quantitative estimate of drug-likeness (QED) is 0.490. The minimum absolute atomic E-state index is 0.143. The standard InChI is InChI=1S/C24H24N4O3/c1-30-20-8-6-18(7-9-20)23-25-24(31-26-23)19-11-13-27(14-12-19)22(29)16-28-15-10-17-4-2-3-5-21(17)28/h2-10,15,19H,11-14,16H2,1H3. The zero-order chi connectivity index (χ0) is 21.2. The van der Waals surface area contributed by atoms with Crippen LogP contribution in [0.25, 0.3) is 22.3 Å². The van der Waals surface area contributed by atoms with E-state index in [0.29, 0.717) is 31.3 Å². The number of methoxy groups -OCH3 is 1. The number of rotatable bonds is 5. The smallest absolute Gasteiger partial charge is 0.242 e. The Labute approximate surface area is 180 Å². The van der Waals surface area contributed by atoms with E-state index in [2.05, 4.69) is 16.2 Å². The van der Waals surface area contributed by atoms with Crippen LogP contribution in [0.15, 0.2) is 65.3 Å². The molecule has 158 valence electrons. The fourth-order valence-corrected chi connectivity index (χ4v) is 4.16. The molecule has 0 N–H and O–H groups in total. The van der Waals surface area contributed by atoms with Crippen LogP contribution in [0.2, 0.25) is 0 Å². The lowest BCUT2D eigenvalue weighted by molar-refractivity contribution is -0.132. The molecule has 5 rings (SSSR count). The van der Waals surface area contributed by atoms with Crippen molar-refractivity contribution in [3.05, 3.63) is 66.7 Å². The van der Waals surface area contributed by atoms with Gasteiger partial charge in [0.15, 0.2) is 0 Å². The van der Waals surface area contributed by atoms with Gasteiger partial charge < -0.3 is 18.7 Å². The molecule has 0 spiro atoms. The summed E-state index contributed by atoms with van der Waals surface area (Å²) < 4.78 is 12.8. The summed E-state index contributed by atoms with van der Waals surface area (Å²) in [4.78, 5) is 19.4. The molecule has 1 aliphatic rings. The van der Waals surface area contributed by atoms with E-state index in [1.807, 2.05) is 64.2 Å². The summed E-state index contributed by atoms with van der Waals surface area (Å²) >= 11 is 0. The summed E-state index contributed by atoms with van der Waals surface area (Å²) in [6.45, 7) is 1.76. The zero-order valence-electron chi connectivity index (χ0n) is 17.4. The number of ether oxygens (including phenoxy) is 1. The first kappa shape index (κ1) is 19.4. The van der Waals surface area contributed by atoms with Crippen LogP contribution in [0.4, 0.5) is 0 Å². The summed E-state index contributed by atoms with van der Waals surface area (Å²) in [5.41, 5.74) is 1.98. The van der Waals surface area contributed by atoms with Crippen molar-refractivity contribution >= 4 is 16.8 Å². The Morgan fingerprint density at radius 3 is 2.65 bits per heavy atom. The van der Waals surface area contributed by atoms with Crippen LogP contribution in [-0.4, -0.2) is 45.7 Å². The van der Waals surface area contributed by atoms with Crippen LogP contribution in [0.1, 0.15) is 24.7 Å². The number of para-hydroxylation sites is 1. The van der Waals surface area contributed by atoms with Crippen molar-refractivity contribution in [1.82, 2.24) is 19.6 Å². The van der Waals surface area contributed by atoms with Gasteiger partial charge in [0.2, 0.25) is 17.6 Å². The average Bonchev–Trinajstić information content (AvgIpc) is 3.47. The normalized spacial score (nSPS) is 14.8. The molecule has 31 heavy (non-hydrogen) atoms. The van der Waals surface area contributed by atoms with Gasteiger partial charge in [-0.1, -0.05) is 23.4 Å². The SMILES string of the molecule is COc1ccc(-c2noc(C3CCN(C(=O)Cn4ccc5ccccc54)CC3)n2)cc1. The third-order valence-electron chi connectivity index (χ3n) is 5.97. The summed E-state index contributed by atoms with van der Waals surface area (Å²) in [6, 6.07) is 17.8. The van der Waals surface area contributed by atoms with Gasteiger partial charge in [0, 0.05) is 36.3 Å². The summed E-state index contributed by atoms with van der Waals surface area (Å²) in [5, 5.41) is 5.29. The highest BCUT2D eigenvalue weighted by Gasteiger charge is 2.27. The van der Waals surface area contributed by atoms with E-state index < -0.39 is 0 Å². The van der Waals surface area contributed by atoms with Gasteiger partial charge in [-0.2, -0.15) is 4.98 Å². The van der Waals surface area contributed by atoms with Gasteiger partial charge in [-0.3, -0.25) is 4.79 Å². The maximum absolute atomic E-state index is 12.8. The van der Waals surface area contributed by atoms with Crippen molar-refractivity contribution < 1.29 is 14.1 Å². The third kappa shape index (κ3) is 3.91. The molecule has 2 aromatic heterocycles. The minimum Gasteiger partial charge on any atom is -0.497 e. The second kappa shape index (κ2) is 8.26. The predicted molar refractivity (Wildman–Crippen MR) is 117 cm³/mol. The van der Waals surface area contributed by atoms with Crippen molar-refractivity contribution in [2.24, 2.45) is 0 Å². The number of carbonyl (C=O) groups excluding carboxylic acids is 1. The van der Waals surface area contributed by atoms with Crippen LogP contribution in [-0.2, 0) is 11.3 Å². The molecule has 1 amide bonds. The van der Waals surface area contributed by atoms with E-state index in [1.54, 1.807) is 7.11 Å². The Bertz CT molecular complexity index is 1190. The lowest BCUT2D eigenvalue weighted by Crippen LogP contribution is -2.39. The number of hydrogen-bond acceptors (Lipinski definition) is 5. The molecule has 0 radical (unpaired) electrons. The fraction of sp³-hybridized carbons (Fsp3) is 0.292. The molecule has 7 heteroatoms. The van der Waals surface area contributed by atoms with E-state index in [-0.39, 0.29) is 11.8 Å². The monoisotopic (exact) mass is 416 g/mol. The topological polar surface area (TPSA) is 73.4 Å². The number of nitrogens with zero attached hydrogens (tertiary/aromatic N) is 4. The third-order valence-corrected chi connectivity index (χ3v) is 5.97. The molecule has 0 saturated carbocycles. The van der Waals surface area contributed by atoms with Gasteiger partial charge in [-0.05, 0) is 54.6 Å². The molecule has 0 bridgehead atoms. The van der Waals surface area contributed by atoms with Crippen LogP contribution >= 0.6 is 0 Å². The zero-order valence-corrected chi connectivity index (χ0v) is 17.4. The number of benzene rings is 2. The first-order valence-electron chi connectivity index (χ1n) is 10.5. The number of likely N-dealkylation sites (tertiary alicyclic amines) is 1. The highest BCUT2D eigenvalue weighted by atomic mass is 16.5. The number of hydrogen-bond donors (Lipinski definition) is 0. The number of piperidine rings is 1. The summed E-state index contributed by atoms with van der Waals surface area (Å²) in [5.74, 6) is 2.34. The van der Waals surface area contributed by atoms with Crippen LogP contribution in [0, 0.1) is 0 Å². The number of amides is 1. The van der Waals surface area contributed by atoms with E-state index in [9.17, 15) is 4.79 Å². The van der Waals surface area contributed by atoms with Crippen LogP contribution < -0.4 is 4.74 Å². The second-order valence-corrected chi connectivity index (χ2v) is 7.84. The Hall–Kier alpha value is -3.61. The average molecular weight is 416 g/mol. The molecule has 4 aromatic rings. The molecule has 7 nitrogen and oxygen atoms in total. The minimum atomic E-state index is 0.143. The number of carbonyl (C=O) groups is 1. The van der Waals surface area contributed by atoms with E-state index >= 15 is 0 Å². The first-order chi connectivity index (χ1) is 15.2. The van der Waals surface area contributed by atoms with E-state index in [4.69, 9.17) is 9.26 Å². The first-order valence-corrected chi connectivity index (χ1v) is 10.5. The fourth-order valence-electron chi connectivity index (χ4n) is 4.16. The second-order valence-electron chi connectivity index (χ2n) is 7.84. The molecule has 1 fully saturated rings. The highest BCUT2D eigenvalue weighted by molar-refractivity contribution is 5.83. The van der Waals surface area contributed by atoms with Crippen molar-refractivity contribution in [2.75, 3.05) is 20.2 Å². The number of aromatic nitrogens is 3. The molecule has 2 aromatic carbocycles. The Morgan fingerprint density at radius 2 is 1.87 bits per heavy atom. The van der Waals surface area contributed by atoms with Crippen LogP contribution in [0.3, 0.4) is 0 Å². The molecule has 3 heterocycles. The molecule has 1 aliphatic heterocycles. The maximum atomic E-state index is 12.8. The van der Waals surface area contributed by atoms with Gasteiger partial charge in [0.1, 0.15) is 12.3 Å². The van der Waals surface area contributed by atoms with Gasteiger partial charge in [-0.15, -0.1) is 0 Å². The van der Waals surface area contributed by atoms with E-state index in [1.165, 1.54) is 0 Å². The molecule has 0 unspecified atom stereocenters. The van der Waals surface area contributed by atoms with E-state index in [0.717, 1.165) is 35.1 Å². The predicted octanol–water partition coefficient (Wildman–Crippen LogP) is 4.11. The van der Waals surface area contributed by atoms with Gasteiger partial charge >= 0.3 is 0 Å². The highest BCUT2D eigenvalue weighted by Crippen LogP contribution is 2.29. The van der Waals surface area contributed by atoms with Crippen LogP contribution in [0.5, 0.6) is 5.75 Å². The molecular weight excluding hydrogens is 392 g/mol. The maximum Gasteiger partial charge on any atom is 0.242 e. The molecule has 0 atom stereocenters. The lowest BCUT2D eigenvalue weighted by Gasteiger charge is -2.30. The summed E-state index contributed by atoms with van der Waals surface area (Å²) in [7, 11) is 1.64. The van der Waals surface area contributed by atoms with Gasteiger partial charge in [0.25, 0.3) is 0 Å². The van der Waals surface area contributed by atoms with Crippen molar-refractivity contribution in [3.63, 3.8) is 0 Å². The van der Waals surface area contributed by atoms with Gasteiger partial charge in [-0.25, -0.2) is 0 Å². The molecule has 0 aliphatic carbocycles. The van der Waals surface area contributed by atoms with Crippen molar-refractivity contribution in [2.45, 2.75) is 25.3 Å². The summed E-state index contributed by atoms with van der Waals surface area (Å²) in [6.07, 6.45) is 3.62. The molecule has 1 saturated heterocycles. The Morgan fingerprint density at radius 1 is 1.10 bits per heavy atom. The van der Waals surface area contributed by atoms with Crippen molar-refractivity contribution in [3.8, 4) is 17.1 Å². The largest absolute Gasteiger partial charge is 0.497 e. The Kier molecular flexibility index (Phi) is 5.16. The lowest BCUT2D eigenvalue weighted by atomic mass is 9.96. The van der Waals surface area contributed by atoms with Gasteiger partial charge in [0.05, 0.1) is 7.11 Å². The Balaban J connectivity index is 1.20. The molecular formula is C24H24N4O3. The van der Waals surface area contributed by atoms with Crippen molar-refractivity contribution in [1.29, 1.82) is 0 Å².